The molecule has 1 N–H and O–H groups in total. The monoisotopic (exact) mass is 862 g/mol. The smallest absolute Gasteiger partial charge is 0.410 e. The molecule has 0 spiro atoms. The van der Waals surface area contributed by atoms with E-state index in [-0.39, 0.29) is 29.6 Å². The zero-order valence-corrected chi connectivity index (χ0v) is 38.5. The SMILES string of the molecule is COc1nc(-c2cccc(-c3cccc(NCOC(=O)c4cc(C)c5c(n4)CN(C(=O)OC(C)(C)C)CC5)c3Cl)c2Cl)cnc1CN1CC(C)(O[Si](C)(C)C(C)(C)C)C1. The minimum atomic E-state index is -1.91. The van der Waals surface area contributed by atoms with Crippen LogP contribution in [0, 0.1) is 6.92 Å². The molecule has 2 aliphatic heterocycles. The van der Waals surface area contributed by atoms with Crippen molar-refractivity contribution < 1.29 is 28.2 Å². The number of amides is 1. The van der Waals surface area contributed by atoms with Gasteiger partial charge in [0.1, 0.15) is 17.0 Å². The maximum atomic E-state index is 13.2. The van der Waals surface area contributed by atoms with E-state index in [0.29, 0.717) is 69.2 Å². The van der Waals surface area contributed by atoms with Crippen molar-refractivity contribution in [2.24, 2.45) is 0 Å². The quantitative estimate of drug-likeness (QED) is 0.0879. The Morgan fingerprint density at radius 2 is 1.63 bits per heavy atom. The van der Waals surface area contributed by atoms with Gasteiger partial charge in [-0.1, -0.05) is 74.3 Å². The molecule has 0 radical (unpaired) electrons. The van der Waals surface area contributed by atoms with Gasteiger partial charge in [-0.2, -0.15) is 0 Å². The number of aryl methyl sites for hydroxylation is 1. The summed E-state index contributed by atoms with van der Waals surface area (Å²) in [7, 11) is -0.313. The Bertz CT molecular complexity index is 2230. The lowest BCUT2D eigenvalue weighted by atomic mass is 9.97. The molecule has 6 rings (SSSR count). The van der Waals surface area contributed by atoms with Gasteiger partial charge in [0.05, 0.1) is 52.6 Å². The topological polar surface area (TPSA) is 128 Å². The summed E-state index contributed by atoms with van der Waals surface area (Å²) in [5, 5.41) is 4.10. The van der Waals surface area contributed by atoms with E-state index in [9.17, 15) is 9.59 Å². The van der Waals surface area contributed by atoms with Crippen LogP contribution in [-0.2, 0) is 33.4 Å². The van der Waals surface area contributed by atoms with Crippen LogP contribution < -0.4 is 10.1 Å². The number of carbonyl (C=O) groups excluding carboxylic acids is 2. The zero-order valence-electron chi connectivity index (χ0n) is 36.0. The second-order valence-corrected chi connectivity index (χ2v) is 23.6. The molecule has 2 aromatic heterocycles. The van der Waals surface area contributed by atoms with Crippen LogP contribution >= 0.6 is 23.2 Å². The fourth-order valence-corrected chi connectivity index (χ4v) is 9.54. The average Bonchev–Trinajstić information content (AvgIpc) is 3.13. The third-order valence-electron chi connectivity index (χ3n) is 11.1. The van der Waals surface area contributed by atoms with E-state index >= 15 is 0 Å². The first-order valence-electron chi connectivity index (χ1n) is 19.9. The molecule has 2 aromatic carbocycles. The number of halogens is 2. The van der Waals surface area contributed by atoms with Gasteiger partial charge in [0, 0.05) is 42.9 Å². The van der Waals surface area contributed by atoms with E-state index in [0.717, 1.165) is 29.9 Å². The fourth-order valence-electron chi connectivity index (χ4n) is 7.25. The van der Waals surface area contributed by atoms with Crippen LogP contribution in [0.1, 0.15) is 81.5 Å². The molecule has 1 fully saturated rings. The maximum Gasteiger partial charge on any atom is 0.410 e. The molecule has 316 valence electrons. The van der Waals surface area contributed by atoms with Crippen LogP contribution in [0.25, 0.3) is 22.4 Å². The molecule has 4 heterocycles. The highest BCUT2D eigenvalue weighted by Gasteiger charge is 2.48. The van der Waals surface area contributed by atoms with Crippen molar-refractivity contribution in [3.05, 3.63) is 86.9 Å². The number of rotatable bonds is 11. The molecule has 59 heavy (non-hydrogen) atoms. The highest BCUT2D eigenvalue weighted by molar-refractivity contribution is 6.74. The largest absolute Gasteiger partial charge is 0.480 e. The van der Waals surface area contributed by atoms with E-state index in [1.165, 1.54) is 0 Å². The normalized spacial score (nSPS) is 15.6. The molecular formula is C44H56Cl2N6O6Si. The summed E-state index contributed by atoms with van der Waals surface area (Å²) in [6, 6.07) is 12.9. The lowest BCUT2D eigenvalue weighted by Crippen LogP contribution is -2.65. The molecule has 1 saturated heterocycles. The second-order valence-electron chi connectivity index (χ2n) is 18.2. The predicted molar refractivity (Wildman–Crippen MR) is 235 cm³/mol. The summed E-state index contributed by atoms with van der Waals surface area (Å²) in [4.78, 5) is 44.0. The van der Waals surface area contributed by atoms with Crippen LogP contribution in [0.5, 0.6) is 5.88 Å². The van der Waals surface area contributed by atoms with Crippen LogP contribution in [0.3, 0.4) is 0 Å². The molecule has 1 amide bonds. The van der Waals surface area contributed by atoms with Gasteiger partial charge in [0.25, 0.3) is 0 Å². The van der Waals surface area contributed by atoms with Crippen molar-refractivity contribution in [3.8, 4) is 28.3 Å². The number of hydrogen-bond donors (Lipinski definition) is 1. The summed E-state index contributed by atoms with van der Waals surface area (Å²) in [5.41, 5.74) is 5.82. The molecule has 0 unspecified atom stereocenters. The number of carbonyl (C=O) groups is 2. The number of anilines is 1. The van der Waals surface area contributed by atoms with Crippen molar-refractivity contribution in [1.29, 1.82) is 0 Å². The third-order valence-corrected chi connectivity index (χ3v) is 16.5. The average molecular weight is 864 g/mol. The molecular weight excluding hydrogens is 808 g/mol. The summed E-state index contributed by atoms with van der Waals surface area (Å²) in [6.07, 6.45) is 1.93. The van der Waals surface area contributed by atoms with Crippen LogP contribution in [0.2, 0.25) is 28.2 Å². The summed E-state index contributed by atoms with van der Waals surface area (Å²) < 4.78 is 23.6. The Hall–Kier alpha value is -4.27. The highest BCUT2D eigenvalue weighted by Crippen LogP contribution is 2.43. The number of fused-ring (bicyclic) bond motifs is 1. The zero-order chi connectivity index (χ0) is 43.1. The first-order valence-corrected chi connectivity index (χ1v) is 23.5. The number of nitrogens with one attached hydrogen (secondary N) is 1. The first kappa shape index (κ1) is 44.3. The molecule has 0 saturated carbocycles. The molecule has 12 nitrogen and oxygen atoms in total. The number of hydrogen-bond acceptors (Lipinski definition) is 11. The lowest BCUT2D eigenvalue weighted by molar-refractivity contribution is -0.0772. The number of aromatic nitrogens is 3. The Morgan fingerprint density at radius 3 is 2.29 bits per heavy atom. The number of benzene rings is 2. The predicted octanol–water partition coefficient (Wildman–Crippen LogP) is 9.95. The highest BCUT2D eigenvalue weighted by atomic mass is 35.5. The van der Waals surface area contributed by atoms with E-state index in [1.54, 1.807) is 30.3 Å². The number of pyridine rings is 1. The van der Waals surface area contributed by atoms with E-state index in [4.69, 9.17) is 51.8 Å². The van der Waals surface area contributed by atoms with Gasteiger partial charge < -0.3 is 28.9 Å². The van der Waals surface area contributed by atoms with Crippen molar-refractivity contribution in [3.63, 3.8) is 0 Å². The standard InChI is InChI=1S/C44H56Cl2N6O6Si/c1-27-20-33(49-35-23-52(19-18-28(27)35)41(54)57-42(2,3)4)40(53)56-26-48-32-17-13-15-30(38(32)46)29-14-12-16-31(37(29)45)34-21-47-36(39(50-34)55-9)22-51-24-44(8,25-51)58-59(10,11)43(5,6)7/h12-17,20-21,48H,18-19,22-26H2,1-11H3. The number of ether oxygens (including phenoxy) is 3. The van der Waals surface area contributed by atoms with Gasteiger partial charge in [-0.05, 0) is 82.4 Å². The van der Waals surface area contributed by atoms with E-state index in [1.807, 2.05) is 58.0 Å². The number of esters is 1. The molecule has 0 aliphatic carbocycles. The van der Waals surface area contributed by atoms with Gasteiger partial charge >= 0.3 is 12.1 Å². The molecule has 2 aliphatic rings. The van der Waals surface area contributed by atoms with Crippen molar-refractivity contribution in [2.45, 2.75) is 104 Å². The van der Waals surface area contributed by atoms with Gasteiger partial charge in [-0.15, -0.1) is 0 Å². The molecule has 0 bridgehead atoms. The van der Waals surface area contributed by atoms with Gasteiger partial charge in [0.2, 0.25) is 5.88 Å². The van der Waals surface area contributed by atoms with Crippen molar-refractivity contribution in [2.75, 3.05) is 38.8 Å². The molecule has 15 heteroatoms. The van der Waals surface area contributed by atoms with Gasteiger partial charge in [-0.25, -0.2) is 19.6 Å². The third kappa shape index (κ3) is 10.0. The molecule has 0 atom stereocenters. The van der Waals surface area contributed by atoms with E-state index in [2.05, 4.69) is 56.0 Å². The van der Waals surface area contributed by atoms with Crippen LogP contribution in [0.15, 0.2) is 48.7 Å². The minimum Gasteiger partial charge on any atom is -0.480 e. The Balaban J connectivity index is 1.11. The molecule has 4 aromatic rings. The van der Waals surface area contributed by atoms with Crippen molar-refractivity contribution in [1.82, 2.24) is 24.8 Å². The Morgan fingerprint density at radius 1 is 0.966 bits per heavy atom. The van der Waals surface area contributed by atoms with Gasteiger partial charge in [0.15, 0.2) is 15.0 Å². The minimum absolute atomic E-state index is 0.140. The number of nitrogens with zero attached hydrogens (tertiary/aromatic N) is 5. The summed E-state index contributed by atoms with van der Waals surface area (Å²) >= 11 is 14.1. The maximum absolute atomic E-state index is 13.2. The number of likely N-dealkylation sites (tertiary alicyclic amines) is 1. The first-order chi connectivity index (χ1) is 27.6. The Labute approximate surface area is 359 Å². The Kier molecular flexibility index (Phi) is 12.8. The summed E-state index contributed by atoms with van der Waals surface area (Å²) in [5.74, 6) is -0.174. The van der Waals surface area contributed by atoms with Crippen LogP contribution in [0.4, 0.5) is 10.5 Å². The second kappa shape index (κ2) is 17.0. The number of methoxy groups -OCH3 is 1. The fraction of sp³-hybridized carbons (Fsp3) is 0.477. The van der Waals surface area contributed by atoms with Crippen LogP contribution in [-0.4, -0.2) is 89.8 Å². The van der Waals surface area contributed by atoms with Crippen molar-refractivity contribution >= 4 is 49.3 Å². The van der Waals surface area contributed by atoms with E-state index < -0.39 is 26.0 Å². The lowest BCUT2D eigenvalue weighted by Gasteiger charge is -2.53. The van der Waals surface area contributed by atoms with Gasteiger partial charge in [-0.3, -0.25) is 9.88 Å². The summed E-state index contributed by atoms with van der Waals surface area (Å²) in [6.45, 7) is 23.7.